The summed E-state index contributed by atoms with van der Waals surface area (Å²) < 4.78 is 84.0. The lowest BCUT2D eigenvalue weighted by atomic mass is 10.2. The Morgan fingerprint density at radius 1 is 0.812 bits per heavy atom. The van der Waals surface area contributed by atoms with Crippen LogP contribution in [0.3, 0.4) is 0 Å². The summed E-state index contributed by atoms with van der Waals surface area (Å²) in [4.78, 5) is 41.2. The molecule has 5 aromatic rings. The number of pyridine rings is 2. The van der Waals surface area contributed by atoms with Crippen LogP contribution < -0.4 is 26.3 Å². The van der Waals surface area contributed by atoms with Crippen LogP contribution in [0.1, 0.15) is 15.9 Å². The summed E-state index contributed by atoms with van der Waals surface area (Å²) in [6.45, 7) is 0. The first-order chi connectivity index (χ1) is 22.6. The summed E-state index contributed by atoms with van der Waals surface area (Å²) in [7, 11) is 0. The first kappa shape index (κ1) is 35.9. The first-order valence-electron chi connectivity index (χ1n) is 12.7. The van der Waals surface area contributed by atoms with Crippen molar-refractivity contribution in [2.75, 3.05) is 0 Å². The summed E-state index contributed by atoms with van der Waals surface area (Å²) in [6, 6.07) is 15.4. The van der Waals surface area contributed by atoms with E-state index in [-0.39, 0.29) is 40.2 Å². The molecule has 0 radical (unpaired) electrons. The zero-order valence-corrected chi connectivity index (χ0v) is 23.6. The van der Waals surface area contributed by atoms with Crippen molar-refractivity contribution in [1.29, 1.82) is 0 Å². The monoisotopic (exact) mass is 682 g/mol. The first-order valence-corrected chi connectivity index (χ1v) is 12.7. The zero-order chi connectivity index (χ0) is 35.5. The van der Waals surface area contributed by atoms with Crippen LogP contribution in [0.2, 0.25) is 0 Å². The van der Waals surface area contributed by atoms with E-state index in [1.54, 1.807) is 6.07 Å². The van der Waals surface area contributed by atoms with E-state index in [9.17, 15) is 40.7 Å². The highest BCUT2D eigenvalue weighted by atomic mass is 19.4. The Bertz CT molecular complexity index is 1950. The van der Waals surface area contributed by atoms with Gasteiger partial charge in [-0.15, -0.1) is 26.3 Å². The maximum atomic E-state index is 12.1. The second-order valence-corrected chi connectivity index (χ2v) is 8.68. The maximum absolute atomic E-state index is 12.1. The highest BCUT2D eigenvalue weighted by molar-refractivity contribution is 5.97. The second-order valence-electron chi connectivity index (χ2n) is 8.68. The number of rotatable bonds is 6. The van der Waals surface area contributed by atoms with Gasteiger partial charge in [0, 0.05) is 23.5 Å². The van der Waals surface area contributed by atoms with Gasteiger partial charge in [0.25, 0.3) is 17.0 Å². The van der Waals surface area contributed by atoms with Gasteiger partial charge in [-0.1, -0.05) is 10.3 Å². The number of carboxylic acid groups (broad SMARTS) is 1. The molecular weight excluding hydrogens is 662 g/mol. The number of ether oxygens (including phenoxy) is 2. The van der Waals surface area contributed by atoms with E-state index < -0.39 is 29.8 Å². The number of halogens is 6. The number of aromatic nitrogens is 4. The Morgan fingerprint density at radius 3 is 1.79 bits per heavy atom. The van der Waals surface area contributed by atoms with Gasteiger partial charge in [0.05, 0.1) is 0 Å². The number of aromatic carboxylic acids is 1. The lowest BCUT2D eigenvalue weighted by Gasteiger charge is -2.08. The number of oxime groups is 1. The number of nitrogens with two attached hydrogens (primary N) is 1. The Hall–Kier alpha value is -6.60. The van der Waals surface area contributed by atoms with Crippen LogP contribution in [0.4, 0.5) is 26.3 Å². The molecule has 3 heterocycles. The molecular formula is C28H20F6N6O8. The van der Waals surface area contributed by atoms with Gasteiger partial charge < -0.3 is 40.0 Å². The van der Waals surface area contributed by atoms with Gasteiger partial charge in [-0.2, -0.15) is 4.98 Å². The fourth-order valence-corrected chi connectivity index (χ4v) is 3.32. The van der Waals surface area contributed by atoms with Crippen molar-refractivity contribution >= 4 is 11.8 Å². The molecule has 0 aliphatic rings. The number of hydrogen-bond acceptors (Lipinski definition) is 10. The molecule has 0 aliphatic heterocycles. The summed E-state index contributed by atoms with van der Waals surface area (Å²) in [5.41, 5.74) is 4.92. The van der Waals surface area contributed by atoms with E-state index in [4.69, 9.17) is 20.6 Å². The van der Waals surface area contributed by atoms with Gasteiger partial charge in [0.2, 0.25) is 5.82 Å². The average Bonchev–Trinajstić information content (AvgIpc) is 3.51. The number of H-pyrrole nitrogens is 2. The van der Waals surface area contributed by atoms with E-state index in [0.29, 0.717) is 11.1 Å². The Balaban J connectivity index is 0.000000215. The highest BCUT2D eigenvalue weighted by Gasteiger charge is 2.31. The number of nitrogens with zero attached hydrogens (tertiary/aromatic N) is 3. The lowest BCUT2D eigenvalue weighted by molar-refractivity contribution is -0.275. The largest absolute Gasteiger partial charge is 0.573 e. The molecule has 0 amide bonds. The van der Waals surface area contributed by atoms with Crippen LogP contribution in [0.15, 0.2) is 104 Å². The molecule has 0 spiro atoms. The third-order valence-electron chi connectivity index (χ3n) is 5.36. The van der Waals surface area contributed by atoms with Crippen LogP contribution in [-0.4, -0.2) is 55.0 Å². The molecule has 14 nitrogen and oxygen atoms in total. The van der Waals surface area contributed by atoms with Crippen LogP contribution in [0.5, 0.6) is 11.5 Å². The molecule has 5 rings (SSSR count). The Morgan fingerprint density at radius 2 is 1.33 bits per heavy atom. The molecule has 0 fully saturated rings. The molecule has 3 aromatic heterocycles. The van der Waals surface area contributed by atoms with Crippen molar-refractivity contribution in [1.82, 2.24) is 20.1 Å². The van der Waals surface area contributed by atoms with Crippen molar-refractivity contribution in [3.05, 3.63) is 117 Å². The summed E-state index contributed by atoms with van der Waals surface area (Å²) in [6.07, 6.45) is -6.63. The minimum Gasteiger partial charge on any atom is -0.477 e. The normalized spacial score (nSPS) is 11.3. The smallest absolute Gasteiger partial charge is 0.477 e. The molecule has 0 atom stereocenters. The average molecular weight is 682 g/mol. The number of amidine groups is 1. The molecule has 48 heavy (non-hydrogen) atoms. The topological polar surface area (TPSA) is 219 Å². The molecule has 2 aromatic carbocycles. The number of carboxylic acids is 1. The Labute approximate surface area is 262 Å². The molecule has 0 unspecified atom stereocenters. The lowest BCUT2D eigenvalue weighted by Crippen LogP contribution is -2.17. The van der Waals surface area contributed by atoms with Crippen molar-refractivity contribution < 1.29 is 55.4 Å². The fraction of sp³-hybridized carbons (Fsp3) is 0.0714. The molecule has 0 saturated carbocycles. The standard InChI is InChI=1S/C14H8F3N3O3.C8H7F3N2O2.C6H5NO3/c15-14(16,17)22-9-5-3-8(4-6-9)11-19-13(23-20-11)10-2-1-7-18-12(10)21;9-8(10,11)15-6-3-1-5(2-4-6)7(12)13-14;8-5-4(6(9)10)2-1-3-7-5/h1-7H,(H,18,21);1-4,14H,(H2,12,13);1-3H,(H,7,8)(H,9,10). The number of aromatic amines is 2. The zero-order valence-electron chi connectivity index (χ0n) is 23.6. The van der Waals surface area contributed by atoms with E-state index in [1.807, 2.05) is 0 Å². The van der Waals surface area contributed by atoms with Gasteiger partial charge in [0.1, 0.15) is 22.6 Å². The predicted molar refractivity (Wildman–Crippen MR) is 152 cm³/mol. The van der Waals surface area contributed by atoms with E-state index in [0.717, 1.165) is 24.3 Å². The number of carbonyl (C=O) groups is 1. The van der Waals surface area contributed by atoms with E-state index in [2.05, 4.69) is 34.7 Å². The van der Waals surface area contributed by atoms with Crippen LogP contribution in [0.25, 0.3) is 22.8 Å². The van der Waals surface area contributed by atoms with Crippen LogP contribution >= 0.6 is 0 Å². The molecule has 6 N–H and O–H groups in total. The molecule has 0 bridgehead atoms. The van der Waals surface area contributed by atoms with Gasteiger partial charge in [-0.3, -0.25) is 9.59 Å². The highest BCUT2D eigenvalue weighted by Crippen LogP contribution is 2.26. The van der Waals surface area contributed by atoms with Crippen LogP contribution in [-0.2, 0) is 0 Å². The minimum atomic E-state index is -4.75. The summed E-state index contributed by atoms with van der Waals surface area (Å²) >= 11 is 0. The SMILES string of the molecule is N/C(=N\O)c1ccc(OC(F)(F)F)cc1.O=C(O)c1ccc[nH]c1=O.O=c1[nH]cccc1-c1nc(-c2ccc(OC(F)(F)F)cc2)no1. The molecule has 20 heteroatoms. The minimum absolute atomic E-state index is 0.0115. The predicted octanol–water partition coefficient (Wildman–Crippen LogP) is 4.74. The third-order valence-corrected chi connectivity index (χ3v) is 5.36. The summed E-state index contributed by atoms with van der Waals surface area (Å²) in [5.74, 6) is -1.96. The number of hydrogen-bond donors (Lipinski definition) is 5. The van der Waals surface area contributed by atoms with Crippen molar-refractivity contribution in [2.24, 2.45) is 10.9 Å². The molecule has 0 aliphatic carbocycles. The second kappa shape index (κ2) is 15.6. The van der Waals surface area contributed by atoms with Crippen molar-refractivity contribution in [2.45, 2.75) is 12.7 Å². The van der Waals surface area contributed by atoms with Crippen molar-refractivity contribution in [3.63, 3.8) is 0 Å². The number of benzene rings is 2. The maximum Gasteiger partial charge on any atom is 0.573 e. The van der Waals surface area contributed by atoms with Gasteiger partial charge in [-0.05, 0) is 72.8 Å². The van der Waals surface area contributed by atoms with Gasteiger partial charge >= 0.3 is 18.7 Å². The Kier molecular flexibility index (Phi) is 11.7. The fourth-order valence-electron chi connectivity index (χ4n) is 3.32. The van der Waals surface area contributed by atoms with Crippen LogP contribution in [0, 0.1) is 0 Å². The van der Waals surface area contributed by atoms with Gasteiger partial charge in [-0.25, -0.2) is 4.79 Å². The molecule has 0 saturated heterocycles. The molecule has 252 valence electrons. The van der Waals surface area contributed by atoms with Gasteiger partial charge in [0.15, 0.2) is 5.84 Å². The van der Waals surface area contributed by atoms with E-state index in [1.165, 1.54) is 54.9 Å². The summed E-state index contributed by atoms with van der Waals surface area (Å²) in [5, 5.41) is 23.0. The third kappa shape index (κ3) is 11.1. The number of alkyl halides is 6. The number of nitrogens with one attached hydrogen (secondary N) is 2. The van der Waals surface area contributed by atoms with Crippen molar-refractivity contribution in [3.8, 4) is 34.3 Å². The quantitative estimate of drug-likeness (QED) is 0.0541. The van der Waals surface area contributed by atoms with E-state index >= 15 is 0 Å².